The average molecular weight is 402 g/mol. The van der Waals surface area contributed by atoms with Gasteiger partial charge in [-0.2, -0.15) is 0 Å². The Morgan fingerprint density at radius 2 is 1.79 bits per heavy atom. The molecule has 1 N–H and O–H groups in total. The smallest absolute Gasteiger partial charge is 0.262 e. The van der Waals surface area contributed by atoms with Crippen LogP contribution in [0.3, 0.4) is 0 Å². The van der Waals surface area contributed by atoms with Gasteiger partial charge in [-0.15, -0.1) is 0 Å². The molecule has 148 valence electrons. The number of hydrogen-bond acceptors (Lipinski definition) is 5. The molecule has 2 aliphatic rings. The predicted molar refractivity (Wildman–Crippen MR) is 106 cm³/mol. The molecule has 0 saturated carbocycles. The second-order valence-electron chi connectivity index (χ2n) is 6.91. The molecule has 7 nitrogen and oxygen atoms in total. The molecule has 8 heteroatoms. The summed E-state index contributed by atoms with van der Waals surface area (Å²) >= 11 is 0. The van der Waals surface area contributed by atoms with Crippen molar-refractivity contribution in [1.29, 1.82) is 0 Å². The molecule has 0 radical (unpaired) electrons. The first-order valence-corrected chi connectivity index (χ1v) is 10.8. The summed E-state index contributed by atoms with van der Waals surface area (Å²) in [5.74, 6) is 1.02. The zero-order valence-corrected chi connectivity index (χ0v) is 16.4. The monoisotopic (exact) mass is 402 g/mol. The van der Waals surface area contributed by atoms with Crippen molar-refractivity contribution in [2.75, 3.05) is 29.4 Å². The molecule has 28 heavy (non-hydrogen) atoms. The number of ether oxygens (including phenoxy) is 2. The molecule has 1 amide bonds. The average Bonchev–Trinajstić information content (AvgIpc) is 2.69. The van der Waals surface area contributed by atoms with Crippen molar-refractivity contribution < 1.29 is 22.7 Å². The number of piperidine rings is 1. The first-order chi connectivity index (χ1) is 13.4. The summed E-state index contributed by atoms with van der Waals surface area (Å²) in [7, 11) is -3.81. The highest BCUT2D eigenvalue weighted by atomic mass is 32.2. The second kappa shape index (κ2) is 7.35. The Hall–Kier alpha value is -2.74. The highest BCUT2D eigenvalue weighted by Gasteiger charge is 2.23. The lowest BCUT2D eigenvalue weighted by Gasteiger charge is -2.28. The van der Waals surface area contributed by atoms with Crippen LogP contribution in [0.1, 0.15) is 24.8 Å². The molecule has 2 aromatic rings. The van der Waals surface area contributed by atoms with Gasteiger partial charge in [0.15, 0.2) is 11.5 Å². The molecular weight excluding hydrogens is 380 g/mol. The number of hydrogen-bond donors (Lipinski definition) is 1. The molecule has 2 heterocycles. The van der Waals surface area contributed by atoms with Crippen LogP contribution < -0.4 is 19.1 Å². The van der Waals surface area contributed by atoms with Crippen LogP contribution in [0.5, 0.6) is 11.5 Å². The highest BCUT2D eigenvalue weighted by Crippen LogP contribution is 2.33. The van der Waals surface area contributed by atoms with Crippen LogP contribution in [0, 0.1) is 6.92 Å². The number of carbonyl (C=O) groups is 1. The molecule has 2 aromatic carbocycles. The van der Waals surface area contributed by atoms with Gasteiger partial charge in [0.2, 0.25) is 5.91 Å². The summed E-state index contributed by atoms with van der Waals surface area (Å²) in [4.78, 5) is 14.1. The minimum atomic E-state index is -3.81. The fourth-order valence-electron chi connectivity index (χ4n) is 3.43. The molecule has 1 saturated heterocycles. The number of sulfonamides is 1. The quantitative estimate of drug-likeness (QED) is 0.850. The maximum atomic E-state index is 12.8. The van der Waals surface area contributed by atoms with Gasteiger partial charge in [0.05, 0.1) is 10.6 Å². The number of benzene rings is 2. The molecule has 0 bridgehead atoms. The van der Waals surface area contributed by atoms with Crippen molar-refractivity contribution in [3.63, 3.8) is 0 Å². The number of rotatable bonds is 4. The zero-order valence-electron chi connectivity index (χ0n) is 15.6. The molecule has 0 unspecified atom stereocenters. The Morgan fingerprint density at radius 3 is 2.57 bits per heavy atom. The van der Waals surface area contributed by atoms with Crippen molar-refractivity contribution in [3.05, 3.63) is 42.0 Å². The van der Waals surface area contributed by atoms with Gasteiger partial charge in [0.25, 0.3) is 10.0 Å². The van der Waals surface area contributed by atoms with Crippen LogP contribution in [0.2, 0.25) is 0 Å². The van der Waals surface area contributed by atoms with Crippen LogP contribution in [0.25, 0.3) is 0 Å². The molecule has 4 rings (SSSR count). The van der Waals surface area contributed by atoms with E-state index in [4.69, 9.17) is 9.47 Å². The number of nitrogens with zero attached hydrogens (tertiary/aromatic N) is 1. The lowest BCUT2D eigenvalue weighted by Crippen LogP contribution is -2.35. The van der Waals surface area contributed by atoms with Crippen molar-refractivity contribution in [2.24, 2.45) is 0 Å². The van der Waals surface area contributed by atoms with E-state index < -0.39 is 10.0 Å². The van der Waals surface area contributed by atoms with E-state index in [1.807, 2.05) is 13.0 Å². The van der Waals surface area contributed by atoms with E-state index in [1.165, 1.54) is 12.1 Å². The van der Waals surface area contributed by atoms with Gasteiger partial charge in [0, 0.05) is 24.7 Å². The first kappa shape index (κ1) is 18.6. The third-order valence-electron chi connectivity index (χ3n) is 4.90. The Morgan fingerprint density at radius 1 is 1.00 bits per heavy atom. The SMILES string of the molecule is Cc1ccc(NS(=O)(=O)c2ccc3c(c2)OCCO3)cc1N1CCCCC1=O. The van der Waals surface area contributed by atoms with Gasteiger partial charge in [-0.3, -0.25) is 9.52 Å². The maximum absolute atomic E-state index is 12.8. The fraction of sp³-hybridized carbons (Fsp3) is 0.350. The van der Waals surface area contributed by atoms with Gasteiger partial charge >= 0.3 is 0 Å². The minimum absolute atomic E-state index is 0.0705. The topological polar surface area (TPSA) is 84.9 Å². The largest absolute Gasteiger partial charge is 0.486 e. The number of aryl methyl sites for hydroxylation is 1. The van der Waals surface area contributed by atoms with E-state index in [0.717, 1.165) is 24.1 Å². The van der Waals surface area contributed by atoms with Crippen LogP contribution in [0.15, 0.2) is 41.3 Å². The molecular formula is C20H22N2O5S. The van der Waals surface area contributed by atoms with Crippen LogP contribution in [-0.2, 0) is 14.8 Å². The summed E-state index contributed by atoms with van der Waals surface area (Å²) < 4.78 is 39.2. The summed E-state index contributed by atoms with van der Waals surface area (Å²) in [5.41, 5.74) is 2.08. The third-order valence-corrected chi connectivity index (χ3v) is 6.28. The minimum Gasteiger partial charge on any atom is -0.486 e. The third kappa shape index (κ3) is 3.64. The molecule has 0 spiro atoms. The van der Waals surface area contributed by atoms with E-state index in [0.29, 0.717) is 43.4 Å². The number of nitrogens with one attached hydrogen (secondary N) is 1. The number of carbonyl (C=O) groups excluding carboxylic acids is 1. The van der Waals surface area contributed by atoms with E-state index in [9.17, 15) is 13.2 Å². The van der Waals surface area contributed by atoms with Crippen LogP contribution in [-0.4, -0.2) is 34.1 Å². The molecule has 0 aromatic heterocycles. The van der Waals surface area contributed by atoms with Gasteiger partial charge in [0.1, 0.15) is 13.2 Å². The van der Waals surface area contributed by atoms with Crippen molar-refractivity contribution in [3.8, 4) is 11.5 Å². The molecule has 0 atom stereocenters. The second-order valence-corrected chi connectivity index (χ2v) is 8.60. The molecule has 2 aliphatic heterocycles. The van der Waals surface area contributed by atoms with Crippen LogP contribution >= 0.6 is 0 Å². The lowest BCUT2D eigenvalue weighted by molar-refractivity contribution is -0.119. The normalized spacial score (nSPS) is 16.8. The first-order valence-electron chi connectivity index (χ1n) is 9.27. The molecule has 1 fully saturated rings. The number of fused-ring (bicyclic) bond motifs is 1. The highest BCUT2D eigenvalue weighted by molar-refractivity contribution is 7.92. The van der Waals surface area contributed by atoms with E-state index in [-0.39, 0.29) is 10.8 Å². The summed E-state index contributed by atoms with van der Waals surface area (Å²) in [6.45, 7) is 3.39. The van der Waals surface area contributed by atoms with Gasteiger partial charge < -0.3 is 14.4 Å². The maximum Gasteiger partial charge on any atom is 0.262 e. The summed E-state index contributed by atoms with van der Waals surface area (Å²) in [5, 5.41) is 0. The fourth-order valence-corrected chi connectivity index (χ4v) is 4.49. The predicted octanol–water partition coefficient (Wildman–Crippen LogP) is 3.08. The lowest BCUT2D eigenvalue weighted by atomic mass is 10.1. The van der Waals surface area contributed by atoms with Gasteiger partial charge in [-0.1, -0.05) is 6.07 Å². The van der Waals surface area contributed by atoms with Crippen molar-refractivity contribution in [1.82, 2.24) is 0 Å². The number of amides is 1. The van der Waals surface area contributed by atoms with E-state index in [1.54, 1.807) is 23.1 Å². The Labute approximate surface area is 164 Å². The summed E-state index contributed by atoms with van der Waals surface area (Å²) in [6.07, 6.45) is 2.36. The standard InChI is InChI=1S/C20H22N2O5S/c1-14-5-6-15(12-17(14)22-9-3-2-4-20(22)23)21-28(24,25)16-7-8-18-19(13-16)27-11-10-26-18/h5-8,12-13,21H,2-4,9-11H2,1H3. The van der Waals surface area contributed by atoms with E-state index in [2.05, 4.69) is 4.72 Å². The van der Waals surface area contributed by atoms with Gasteiger partial charge in [-0.05, 0) is 49.6 Å². The van der Waals surface area contributed by atoms with Gasteiger partial charge in [-0.25, -0.2) is 8.42 Å². The number of anilines is 2. The van der Waals surface area contributed by atoms with Crippen molar-refractivity contribution >= 4 is 27.3 Å². The Bertz CT molecular complexity index is 1020. The summed E-state index contributed by atoms with van der Waals surface area (Å²) in [6, 6.07) is 9.77. The van der Waals surface area contributed by atoms with E-state index >= 15 is 0 Å². The zero-order chi connectivity index (χ0) is 19.7. The Balaban J connectivity index is 1.61. The molecule has 0 aliphatic carbocycles. The Kier molecular flexibility index (Phi) is 4.89. The van der Waals surface area contributed by atoms with Crippen molar-refractivity contribution in [2.45, 2.75) is 31.1 Å². The van der Waals surface area contributed by atoms with Crippen LogP contribution in [0.4, 0.5) is 11.4 Å².